The van der Waals surface area contributed by atoms with Crippen molar-refractivity contribution < 1.29 is 9.47 Å². The molecule has 0 atom stereocenters. The zero-order chi connectivity index (χ0) is 14.2. The maximum Gasteiger partial charge on any atom is 0.153 e. The molecule has 0 saturated carbocycles. The minimum Gasteiger partial charge on any atom is -0.494 e. The number of nitrogen functional groups attached to an aromatic ring is 1. The van der Waals surface area contributed by atoms with Crippen molar-refractivity contribution in [2.75, 3.05) is 26.1 Å². The lowest BCUT2D eigenvalue weighted by Gasteiger charge is -2.07. The third kappa shape index (κ3) is 4.20. The summed E-state index contributed by atoms with van der Waals surface area (Å²) in [6.07, 6.45) is 1.54. The summed E-state index contributed by atoms with van der Waals surface area (Å²) >= 11 is 0. The van der Waals surface area contributed by atoms with Crippen molar-refractivity contribution >= 4 is 5.69 Å². The zero-order valence-electron chi connectivity index (χ0n) is 11.5. The molecule has 1 heterocycles. The van der Waals surface area contributed by atoms with Crippen LogP contribution in [0.2, 0.25) is 0 Å². The standard InChI is InChI=1S/C13H19N5O2/c1-19-10-7-13-15-16-17-18(13)8-2-9-20-12-5-3-11(14)4-6-12/h3-6H,2,7-10,14H2,1H3. The average Bonchev–Trinajstić information content (AvgIpc) is 2.91. The molecule has 1 aromatic heterocycles. The number of ether oxygens (including phenoxy) is 2. The van der Waals surface area contributed by atoms with Gasteiger partial charge in [0.25, 0.3) is 0 Å². The third-order valence-electron chi connectivity index (χ3n) is 2.80. The first kappa shape index (κ1) is 14.3. The summed E-state index contributed by atoms with van der Waals surface area (Å²) in [5.41, 5.74) is 6.34. The molecule has 2 N–H and O–H groups in total. The number of aryl methyl sites for hydroxylation is 1. The Morgan fingerprint density at radius 2 is 2.00 bits per heavy atom. The van der Waals surface area contributed by atoms with Crippen LogP contribution >= 0.6 is 0 Å². The number of methoxy groups -OCH3 is 1. The minimum atomic E-state index is 0.605. The Kier molecular flexibility index (Phi) is 5.31. The first-order valence-corrected chi connectivity index (χ1v) is 6.52. The smallest absolute Gasteiger partial charge is 0.153 e. The highest BCUT2D eigenvalue weighted by molar-refractivity contribution is 5.41. The van der Waals surface area contributed by atoms with Gasteiger partial charge in [-0.25, -0.2) is 4.68 Å². The fraction of sp³-hybridized carbons (Fsp3) is 0.462. The number of nitrogens with zero attached hydrogens (tertiary/aromatic N) is 4. The molecular weight excluding hydrogens is 258 g/mol. The minimum absolute atomic E-state index is 0.605. The zero-order valence-corrected chi connectivity index (χ0v) is 11.5. The van der Waals surface area contributed by atoms with Gasteiger partial charge in [-0.05, 0) is 34.7 Å². The van der Waals surface area contributed by atoms with Crippen LogP contribution in [0, 0.1) is 0 Å². The van der Waals surface area contributed by atoms with E-state index in [0.717, 1.165) is 30.2 Å². The Balaban J connectivity index is 1.73. The van der Waals surface area contributed by atoms with E-state index in [2.05, 4.69) is 15.5 Å². The van der Waals surface area contributed by atoms with Crippen LogP contribution < -0.4 is 10.5 Å². The molecule has 0 spiro atoms. The molecule has 0 fully saturated rings. The van der Waals surface area contributed by atoms with Gasteiger partial charge in [0, 0.05) is 32.2 Å². The lowest BCUT2D eigenvalue weighted by molar-refractivity contribution is 0.198. The summed E-state index contributed by atoms with van der Waals surface area (Å²) < 4.78 is 12.4. The number of anilines is 1. The maximum atomic E-state index is 5.62. The van der Waals surface area contributed by atoms with Crippen molar-refractivity contribution in [3.63, 3.8) is 0 Å². The molecule has 7 heteroatoms. The van der Waals surface area contributed by atoms with E-state index in [9.17, 15) is 0 Å². The van der Waals surface area contributed by atoms with Crippen molar-refractivity contribution in [1.82, 2.24) is 20.2 Å². The fourth-order valence-electron chi connectivity index (χ4n) is 1.74. The summed E-state index contributed by atoms with van der Waals surface area (Å²) in [5, 5.41) is 11.6. The van der Waals surface area contributed by atoms with Crippen LogP contribution in [-0.4, -0.2) is 40.5 Å². The summed E-state index contributed by atoms with van der Waals surface area (Å²) in [7, 11) is 1.66. The Morgan fingerprint density at radius 1 is 1.20 bits per heavy atom. The molecule has 0 bridgehead atoms. The Hall–Kier alpha value is -2.15. The largest absolute Gasteiger partial charge is 0.494 e. The monoisotopic (exact) mass is 277 g/mol. The number of hydrogen-bond acceptors (Lipinski definition) is 6. The summed E-state index contributed by atoms with van der Waals surface area (Å²) in [6, 6.07) is 7.35. The Morgan fingerprint density at radius 3 is 2.75 bits per heavy atom. The van der Waals surface area contributed by atoms with Crippen LogP contribution in [0.25, 0.3) is 0 Å². The molecular formula is C13H19N5O2. The van der Waals surface area contributed by atoms with Crippen molar-refractivity contribution in [2.24, 2.45) is 0 Å². The first-order valence-electron chi connectivity index (χ1n) is 6.52. The molecule has 0 saturated heterocycles. The van der Waals surface area contributed by atoms with Gasteiger partial charge in [-0.1, -0.05) is 0 Å². The van der Waals surface area contributed by atoms with E-state index in [0.29, 0.717) is 19.6 Å². The van der Waals surface area contributed by atoms with Gasteiger partial charge in [-0.15, -0.1) is 5.10 Å². The maximum absolute atomic E-state index is 5.62. The molecule has 20 heavy (non-hydrogen) atoms. The molecule has 108 valence electrons. The second kappa shape index (κ2) is 7.44. The SMILES string of the molecule is COCCc1nnnn1CCCOc1ccc(N)cc1. The number of aromatic nitrogens is 4. The van der Waals surface area contributed by atoms with Gasteiger partial charge in [0.15, 0.2) is 5.82 Å². The van der Waals surface area contributed by atoms with Crippen molar-refractivity contribution in [1.29, 1.82) is 0 Å². The van der Waals surface area contributed by atoms with Crippen molar-refractivity contribution in [2.45, 2.75) is 19.4 Å². The van der Waals surface area contributed by atoms with Crippen molar-refractivity contribution in [3.05, 3.63) is 30.1 Å². The first-order chi connectivity index (χ1) is 9.79. The topological polar surface area (TPSA) is 88.1 Å². The van der Waals surface area contributed by atoms with E-state index in [1.165, 1.54) is 0 Å². The van der Waals surface area contributed by atoms with Gasteiger partial charge in [0.1, 0.15) is 5.75 Å². The average molecular weight is 277 g/mol. The highest BCUT2D eigenvalue weighted by Gasteiger charge is 2.05. The second-order valence-electron chi connectivity index (χ2n) is 4.33. The molecule has 2 aromatic rings. The quantitative estimate of drug-likeness (QED) is 0.570. The van der Waals surface area contributed by atoms with Crippen LogP contribution in [0.15, 0.2) is 24.3 Å². The molecule has 0 amide bonds. The fourth-order valence-corrected chi connectivity index (χ4v) is 1.74. The van der Waals surface area contributed by atoms with Crippen LogP contribution in [0.1, 0.15) is 12.2 Å². The van der Waals surface area contributed by atoms with Crippen molar-refractivity contribution in [3.8, 4) is 5.75 Å². The molecule has 0 aliphatic rings. The highest BCUT2D eigenvalue weighted by Crippen LogP contribution is 2.13. The van der Waals surface area contributed by atoms with Gasteiger partial charge in [0.05, 0.1) is 13.2 Å². The van der Waals surface area contributed by atoms with E-state index in [1.54, 1.807) is 11.8 Å². The van der Waals surface area contributed by atoms with Crippen LogP contribution in [0.5, 0.6) is 5.75 Å². The van der Waals surface area contributed by atoms with Crippen LogP contribution in [0.4, 0.5) is 5.69 Å². The van der Waals surface area contributed by atoms with Gasteiger partial charge in [-0.3, -0.25) is 0 Å². The van der Waals surface area contributed by atoms with E-state index in [1.807, 2.05) is 24.3 Å². The molecule has 0 radical (unpaired) electrons. The second-order valence-corrected chi connectivity index (χ2v) is 4.33. The Labute approximate surface area is 117 Å². The summed E-state index contributed by atoms with van der Waals surface area (Å²) in [5.74, 6) is 1.65. The normalized spacial score (nSPS) is 10.7. The van der Waals surface area contributed by atoms with Crippen LogP contribution in [0.3, 0.4) is 0 Å². The van der Waals surface area contributed by atoms with E-state index in [4.69, 9.17) is 15.2 Å². The number of hydrogen-bond donors (Lipinski definition) is 1. The summed E-state index contributed by atoms with van der Waals surface area (Å²) in [6.45, 7) is 1.94. The molecule has 7 nitrogen and oxygen atoms in total. The van der Waals surface area contributed by atoms with Gasteiger partial charge in [0.2, 0.25) is 0 Å². The number of tetrazole rings is 1. The third-order valence-corrected chi connectivity index (χ3v) is 2.80. The molecule has 1 aromatic carbocycles. The lowest BCUT2D eigenvalue weighted by atomic mass is 10.3. The van der Waals surface area contributed by atoms with Gasteiger partial charge < -0.3 is 15.2 Å². The Bertz CT molecular complexity index is 512. The highest BCUT2D eigenvalue weighted by atomic mass is 16.5. The lowest BCUT2D eigenvalue weighted by Crippen LogP contribution is -2.11. The molecule has 0 aliphatic carbocycles. The van der Waals surface area contributed by atoms with Crippen LogP contribution in [-0.2, 0) is 17.7 Å². The number of nitrogens with two attached hydrogens (primary N) is 1. The molecule has 0 aliphatic heterocycles. The molecule has 2 rings (SSSR count). The van der Waals surface area contributed by atoms with E-state index in [-0.39, 0.29) is 0 Å². The predicted octanol–water partition coefficient (Wildman–Crippen LogP) is 0.913. The van der Waals surface area contributed by atoms with E-state index < -0.39 is 0 Å². The van der Waals surface area contributed by atoms with Gasteiger partial charge >= 0.3 is 0 Å². The number of rotatable bonds is 8. The van der Waals surface area contributed by atoms with Gasteiger partial charge in [-0.2, -0.15) is 0 Å². The summed E-state index contributed by atoms with van der Waals surface area (Å²) in [4.78, 5) is 0. The molecule has 0 unspecified atom stereocenters. The van der Waals surface area contributed by atoms with E-state index >= 15 is 0 Å². The predicted molar refractivity (Wildman–Crippen MR) is 74.4 cm³/mol. The number of benzene rings is 1.